The van der Waals surface area contributed by atoms with Gasteiger partial charge in [-0.25, -0.2) is 14.6 Å². The van der Waals surface area contributed by atoms with Crippen molar-refractivity contribution in [2.24, 2.45) is 0 Å². The van der Waals surface area contributed by atoms with Crippen LogP contribution in [0.15, 0.2) is 54.9 Å². The monoisotopic (exact) mass is 415 g/mol. The highest BCUT2D eigenvalue weighted by Gasteiger charge is 2.09. The Morgan fingerprint density at radius 3 is 2.55 bits per heavy atom. The molecule has 3 aromatic rings. The molecule has 29 heavy (non-hydrogen) atoms. The summed E-state index contributed by atoms with van der Waals surface area (Å²) in [5.74, 6) is -1.91. The number of carboxylic acids is 1. The average molecular weight is 415 g/mol. The quantitative estimate of drug-likeness (QED) is 0.487. The minimum Gasteiger partial charge on any atom is -0.478 e. The Bertz CT molecular complexity index is 934. The third-order valence-corrected chi connectivity index (χ3v) is 4.88. The number of ether oxygens (including phenoxy) is 2. The molecular weight excluding hydrogens is 394 g/mol. The number of rotatable bonds is 5. The summed E-state index contributed by atoms with van der Waals surface area (Å²) in [6.07, 6.45) is 5.36. The number of nitrogens with one attached hydrogen (secondary N) is 1. The van der Waals surface area contributed by atoms with Crippen molar-refractivity contribution in [3.8, 4) is 10.4 Å². The highest BCUT2D eigenvalue weighted by atomic mass is 32.1. The lowest BCUT2D eigenvalue weighted by Gasteiger charge is -2.10. The van der Waals surface area contributed by atoms with Crippen LogP contribution >= 0.6 is 11.3 Å². The van der Waals surface area contributed by atoms with Crippen LogP contribution in [0.3, 0.4) is 0 Å². The normalized spacial score (nSPS) is 13.8. The fourth-order valence-electron chi connectivity index (χ4n) is 2.50. The van der Waals surface area contributed by atoms with Crippen LogP contribution < -0.4 is 5.32 Å². The van der Waals surface area contributed by atoms with Crippen LogP contribution in [0.4, 0.5) is 0 Å². The minimum atomic E-state index is -1.20. The van der Waals surface area contributed by atoms with Crippen LogP contribution in [0.1, 0.15) is 5.69 Å². The molecule has 152 valence electrons. The van der Waals surface area contributed by atoms with Gasteiger partial charge in [0.15, 0.2) is 4.96 Å². The first-order chi connectivity index (χ1) is 14.1. The molecule has 1 fully saturated rings. The minimum absolute atomic E-state index is 0.00212. The molecule has 1 saturated heterocycles. The van der Waals surface area contributed by atoms with Crippen molar-refractivity contribution in [2.45, 2.75) is 6.61 Å². The van der Waals surface area contributed by atoms with E-state index in [1.54, 1.807) is 6.20 Å². The van der Waals surface area contributed by atoms with Gasteiger partial charge in [0.25, 0.3) is 0 Å². The molecule has 2 aromatic heterocycles. The van der Waals surface area contributed by atoms with Gasteiger partial charge in [0.1, 0.15) is 6.61 Å². The second-order valence-corrected chi connectivity index (χ2v) is 7.03. The van der Waals surface area contributed by atoms with E-state index >= 15 is 0 Å². The first-order valence-corrected chi connectivity index (χ1v) is 9.82. The number of benzene rings is 1. The van der Waals surface area contributed by atoms with Gasteiger partial charge in [-0.1, -0.05) is 41.7 Å². The molecule has 0 aliphatic carbocycles. The Morgan fingerprint density at radius 2 is 1.97 bits per heavy atom. The summed E-state index contributed by atoms with van der Waals surface area (Å²) in [7, 11) is 0. The molecular formula is C20H21N3O5S. The number of hydrogen-bond donors (Lipinski definition) is 2. The van der Waals surface area contributed by atoms with E-state index in [1.807, 2.05) is 40.9 Å². The van der Waals surface area contributed by atoms with Crippen LogP contribution in [0.25, 0.3) is 15.4 Å². The number of nitrogens with zero attached hydrogens (tertiary/aromatic N) is 2. The fourth-order valence-corrected chi connectivity index (χ4v) is 3.49. The molecule has 8 nitrogen and oxygen atoms in total. The number of hydrogen-bond acceptors (Lipinski definition) is 7. The first-order valence-electron chi connectivity index (χ1n) is 9.01. The summed E-state index contributed by atoms with van der Waals surface area (Å²) < 4.78 is 11.8. The van der Waals surface area contributed by atoms with Gasteiger partial charge in [0, 0.05) is 37.6 Å². The molecule has 1 aliphatic heterocycles. The lowest BCUT2D eigenvalue weighted by atomic mass is 10.2. The van der Waals surface area contributed by atoms with Gasteiger partial charge in [-0.05, 0) is 5.56 Å². The van der Waals surface area contributed by atoms with Gasteiger partial charge < -0.3 is 19.9 Å². The molecule has 0 unspecified atom stereocenters. The van der Waals surface area contributed by atoms with Crippen molar-refractivity contribution in [3.05, 3.63) is 60.6 Å². The molecule has 0 spiro atoms. The van der Waals surface area contributed by atoms with E-state index in [0.717, 1.165) is 53.9 Å². The predicted octanol–water partition coefficient (Wildman–Crippen LogP) is 2.35. The zero-order valence-electron chi connectivity index (χ0n) is 15.6. The van der Waals surface area contributed by atoms with Crippen LogP contribution in [0.5, 0.6) is 0 Å². The van der Waals surface area contributed by atoms with E-state index in [1.165, 1.54) is 11.3 Å². The third kappa shape index (κ3) is 6.53. The Hall–Kier alpha value is -3.01. The van der Waals surface area contributed by atoms with E-state index in [9.17, 15) is 9.59 Å². The Balaban J connectivity index is 0.000000343. The van der Waals surface area contributed by atoms with Crippen molar-refractivity contribution in [1.29, 1.82) is 0 Å². The molecule has 0 atom stereocenters. The van der Waals surface area contributed by atoms with Crippen molar-refractivity contribution in [2.75, 3.05) is 26.3 Å². The second-order valence-electron chi connectivity index (χ2n) is 6.03. The van der Waals surface area contributed by atoms with Crippen LogP contribution in [0.2, 0.25) is 0 Å². The van der Waals surface area contributed by atoms with E-state index in [-0.39, 0.29) is 6.61 Å². The topological polar surface area (TPSA) is 102 Å². The molecule has 0 amide bonds. The number of fused-ring (bicyclic) bond motifs is 1. The van der Waals surface area contributed by atoms with Crippen LogP contribution in [0, 0.1) is 0 Å². The van der Waals surface area contributed by atoms with Gasteiger partial charge in [0.05, 0.1) is 23.8 Å². The van der Waals surface area contributed by atoms with Gasteiger partial charge in [0.2, 0.25) is 0 Å². The van der Waals surface area contributed by atoms with E-state index in [0.29, 0.717) is 5.69 Å². The molecule has 0 radical (unpaired) electrons. The maximum absolute atomic E-state index is 11.3. The highest BCUT2D eigenvalue weighted by Crippen LogP contribution is 2.28. The zero-order chi connectivity index (χ0) is 20.5. The number of carbonyl (C=O) groups excluding carboxylic acids is 1. The third-order valence-electron chi connectivity index (χ3n) is 3.83. The number of carboxylic acid groups (broad SMARTS) is 1. The number of aromatic nitrogens is 2. The Labute approximate surface area is 171 Å². The predicted molar refractivity (Wildman–Crippen MR) is 109 cm³/mol. The smallest absolute Gasteiger partial charge is 0.331 e. The molecule has 4 rings (SSSR count). The second kappa shape index (κ2) is 10.5. The number of carbonyl (C=O) groups is 2. The Kier molecular flexibility index (Phi) is 7.51. The van der Waals surface area contributed by atoms with Crippen LogP contribution in [-0.2, 0) is 25.7 Å². The van der Waals surface area contributed by atoms with Crippen molar-refractivity contribution in [3.63, 3.8) is 0 Å². The van der Waals surface area contributed by atoms with Gasteiger partial charge >= 0.3 is 11.9 Å². The number of thiazole rings is 1. The molecule has 3 heterocycles. The van der Waals surface area contributed by atoms with E-state index in [4.69, 9.17) is 14.6 Å². The first kappa shape index (κ1) is 20.7. The maximum atomic E-state index is 11.3. The molecule has 9 heteroatoms. The van der Waals surface area contributed by atoms with Gasteiger partial charge in [-0.3, -0.25) is 4.40 Å². The molecule has 0 bridgehead atoms. The number of aliphatic carboxylic acids is 1. The highest BCUT2D eigenvalue weighted by molar-refractivity contribution is 7.20. The molecule has 0 saturated carbocycles. The fraction of sp³-hybridized carbons (Fsp3) is 0.250. The van der Waals surface area contributed by atoms with Crippen molar-refractivity contribution >= 4 is 28.2 Å². The van der Waals surface area contributed by atoms with Gasteiger partial charge in [-0.15, -0.1) is 0 Å². The summed E-state index contributed by atoms with van der Waals surface area (Å²) in [5, 5.41) is 11.6. The number of morpholine rings is 1. The summed E-state index contributed by atoms with van der Waals surface area (Å²) in [5.41, 5.74) is 1.72. The number of esters is 1. The summed E-state index contributed by atoms with van der Waals surface area (Å²) in [6.45, 7) is 3.83. The zero-order valence-corrected chi connectivity index (χ0v) is 16.4. The summed E-state index contributed by atoms with van der Waals surface area (Å²) in [6, 6.07) is 9.99. The summed E-state index contributed by atoms with van der Waals surface area (Å²) >= 11 is 1.54. The van der Waals surface area contributed by atoms with Crippen LogP contribution in [-0.4, -0.2) is 52.7 Å². The maximum Gasteiger partial charge on any atom is 0.331 e. The van der Waals surface area contributed by atoms with Crippen molar-refractivity contribution < 1.29 is 24.2 Å². The molecule has 1 aromatic carbocycles. The van der Waals surface area contributed by atoms with Crippen molar-refractivity contribution in [1.82, 2.24) is 14.7 Å². The SMILES string of the molecule is C1COCCN1.O=C(O)/C=C\C(=O)OCc1cn2cc(-c3ccccc3)sc2n1. The summed E-state index contributed by atoms with van der Waals surface area (Å²) in [4.78, 5) is 27.9. The Morgan fingerprint density at radius 1 is 1.21 bits per heavy atom. The molecule has 1 aliphatic rings. The standard InChI is InChI=1S/C16H12N2O4S.C4H9NO/c19-14(20)6-7-15(21)22-10-12-8-18-9-13(23-16(18)17-12)11-4-2-1-3-5-11;1-3-6-4-2-5-1/h1-9H,10H2,(H,19,20);5H,1-4H2/b7-6-;. The van der Waals surface area contributed by atoms with Gasteiger partial charge in [-0.2, -0.15) is 0 Å². The largest absolute Gasteiger partial charge is 0.478 e. The lowest BCUT2D eigenvalue weighted by Crippen LogP contribution is -2.30. The van der Waals surface area contributed by atoms with E-state index in [2.05, 4.69) is 10.3 Å². The lowest BCUT2D eigenvalue weighted by molar-refractivity contribution is -0.140. The molecule has 2 N–H and O–H groups in total. The average Bonchev–Trinajstić information content (AvgIpc) is 3.32. The van der Waals surface area contributed by atoms with E-state index < -0.39 is 11.9 Å². The number of imidazole rings is 1.